The highest BCUT2D eigenvalue weighted by Crippen LogP contribution is 2.28. The summed E-state index contributed by atoms with van der Waals surface area (Å²) in [5, 5.41) is 0. The second-order valence-corrected chi connectivity index (χ2v) is 6.35. The Morgan fingerprint density at radius 1 is 0.926 bits per heavy atom. The Kier molecular flexibility index (Phi) is 5.71. The van der Waals surface area contributed by atoms with Crippen LogP contribution >= 0.6 is 0 Å². The summed E-state index contributed by atoms with van der Waals surface area (Å²) in [5.41, 5.74) is 11.5. The van der Waals surface area contributed by atoms with E-state index in [2.05, 4.69) is 4.99 Å². The molecule has 0 atom stereocenters. The van der Waals surface area contributed by atoms with E-state index in [-0.39, 0.29) is 17.8 Å². The van der Waals surface area contributed by atoms with Crippen molar-refractivity contribution in [1.82, 2.24) is 0 Å². The van der Waals surface area contributed by atoms with Gasteiger partial charge in [-0.25, -0.2) is 9.79 Å². The van der Waals surface area contributed by atoms with Gasteiger partial charge in [0.1, 0.15) is 11.5 Å². The molecule has 0 bridgehead atoms. The monoisotopic (exact) mass is 367 g/mol. The molecule has 2 aromatic rings. The van der Waals surface area contributed by atoms with E-state index in [0.717, 1.165) is 25.7 Å². The molecule has 0 amide bonds. The van der Waals surface area contributed by atoms with E-state index in [0.29, 0.717) is 22.7 Å². The second kappa shape index (κ2) is 8.35. The molecule has 0 aromatic heterocycles. The van der Waals surface area contributed by atoms with Crippen LogP contribution in [0.25, 0.3) is 0 Å². The third-order valence-corrected chi connectivity index (χ3v) is 4.28. The summed E-state index contributed by atoms with van der Waals surface area (Å²) in [4.78, 5) is 28.3. The highest BCUT2D eigenvalue weighted by molar-refractivity contribution is 5.91. The Labute approximate surface area is 157 Å². The van der Waals surface area contributed by atoms with E-state index >= 15 is 0 Å². The van der Waals surface area contributed by atoms with Crippen LogP contribution < -0.4 is 20.9 Å². The van der Waals surface area contributed by atoms with Crippen LogP contribution in [0.4, 0.5) is 5.69 Å². The average molecular weight is 367 g/mol. The second-order valence-electron chi connectivity index (χ2n) is 6.35. The van der Waals surface area contributed by atoms with Crippen LogP contribution in [0.15, 0.2) is 53.5 Å². The van der Waals surface area contributed by atoms with E-state index in [1.807, 2.05) is 0 Å². The maximum absolute atomic E-state index is 12.3. The van der Waals surface area contributed by atoms with Crippen LogP contribution in [-0.2, 0) is 4.79 Å². The van der Waals surface area contributed by atoms with E-state index in [1.165, 1.54) is 6.07 Å². The van der Waals surface area contributed by atoms with Gasteiger partial charge in [0.05, 0.1) is 17.2 Å². The first-order chi connectivity index (χ1) is 13.0. The van der Waals surface area contributed by atoms with Gasteiger partial charge in [0.15, 0.2) is 5.96 Å². The Hall–Kier alpha value is -3.35. The van der Waals surface area contributed by atoms with Gasteiger partial charge in [0.25, 0.3) is 0 Å². The summed E-state index contributed by atoms with van der Waals surface area (Å²) >= 11 is 0. The molecule has 0 aliphatic heterocycles. The molecule has 140 valence electrons. The lowest BCUT2D eigenvalue weighted by Gasteiger charge is -2.10. The number of carbonyl (C=O) groups is 2. The molecule has 0 unspecified atom stereocenters. The van der Waals surface area contributed by atoms with E-state index < -0.39 is 5.97 Å². The lowest BCUT2D eigenvalue weighted by atomic mass is 10.1. The molecule has 0 radical (unpaired) electrons. The molecule has 3 rings (SSSR count). The Morgan fingerprint density at radius 2 is 1.56 bits per heavy atom. The van der Waals surface area contributed by atoms with Crippen molar-refractivity contribution in [2.24, 2.45) is 22.4 Å². The number of aliphatic imine (C=N–C) groups is 1. The molecule has 1 aliphatic carbocycles. The Morgan fingerprint density at radius 3 is 2.19 bits per heavy atom. The smallest absolute Gasteiger partial charge is 0.343 e. The number of carbonyl (C=O) groups excluding carboxylic acids is 2. The fourth-order valence-electron chi connectivity index (χ4n) is 2.95. The van der Waals surface area contributed by atoms with Gasteiger partial charge in [-0.15, -0.1) is 0 Å². The number of esters is 2. The Bertz CT molecular complexity index is 852. The standard InChI is InChI=1S/C20H21N3O4/c21-20(22)23-15-10-8-14(9-11-15)19(25)27-17-7-3-6-16(12-17)26-18(24)13-4-1-2-5-13/h3,6-13H,1-2,4-5H2,(H4,21,22,23). The largest absolute Gasteiger partial charge is 0.426 e. The van der Waals surface area contributed by atoms with Gasteiger partial charge in [0.2, 0.25) is 0 Å². The van der Waals surface area contributed by atoms with Crippen molar-refractivity contribution >= 4 is 23.6 Å². The zero-order valence-corrected chi connectivity index (χ0v) is 14.8. The van der Waals surface area contributed by atoms with E-state index in [4.69, 9.17) is 20.9 Å². The molecule has 0 spiro atoms. The molecular formula is C20H21N3O4. The topological polar surface area (TPSA) is 117 Å². The number of benzene rings is 2. The van der Waals surface area contributed by atoms with Crippen molar-refractivity contribution in [1.29, 1.82) is 0 Å². The molecule has 1 saturated carbocycles. The summed E-state index contributed by atoms with van der Waals surface area (Å²) < 4.78 is 10.8. The van der Waals surface area contributed by atoms with Crippen LogP contribution in [0.2, 0.25) is 0 Å². The lowest BCUT2D eigenvalue weighted by molar-refractivity contribution is -0.138. The van der Waals surface area contributed by atoms with Crippen molar-refractivity contribution in [3.05, 3.63) is 54.1 Å². The maximum Gasteiger partial charge on any atom is 0.343 e. The predicted octanol–water partition coefficient (Wildman–Crippen LogP) is 2.91. The molecule has 27 heavy (non-hydrogen) atoms. The number of nitrogens with zero attached hydrogens (tertiary/aromatic N) is 1. The van der Waals surface area contributed by atoms with Crippen molar-refractivity contribution in [3.8, 4) is 11.5 Å². The van der Waals surface area contributed by atoms with Crippen LogP contribution in [0.1, 0.15) is 36.0 Å². The first-order valence-electron chi connectivity index (χ1n) is 8.75. The summed E-state index contributed by atoms with van der Waals surface area (Å²) in [5.74, 6) is -0.212. The molecule has 0 heterocycles. The number of hydrogen-bond donors (Lipinski definition) is 2. The van der Waals surface area contributed by atoms with Gasteiger partial charge in [0, 0.05) is 6.07 Å². The minimum absolute atomic E-state index is 0.0417. The molecule has 0 saturated heterocycles. The zero-order chi connectivity index (χ0) is 19.2. The molecule has 1 fully saturated rings. The minimum Gasteiger partial charge on any atom is -0.426 e. The summed E-state index contributed by atoms with van der Waals surface area (Å²) in [7, 11) is 0. The van der Waals surface area contributed by atoms with Crippen molar-refractivity contribution in [3.63, 3.8) is 0 Å². The van der Waals surface area contributed by atoms with E-state index in [9.17, 15) is 9.59 Å². The van der Waals surface area contributed by atoms with Crippen LogP contribution in [-0.4, -0.2) is 17.9 Å². The first-order valence-corrected chi connectivity index (χ1v) is 8.75. The molecular weight excluding hydrogens is 346 g/mol. The number of ether oxygens (including phenoxy) is 2. The van der Waals surface area contributed by atoms with Crippen molar-refractivity contribution in [2.45, 2.75) is 25.7 Å². The normalized spacial score (nSPS) is 13.8. The Balaban J connectivity index is 1.64. The SMILES string of the molecule is NC(N)=Nc1ccc(C(=O)Oc2cccc(OC(=O)C3CCCC3)c2)cc1. The molecule has 2 aromatic carbocycles. The van der Waals surface area contributed by atoms with Crippen molar-refractivity contribution < 1.29 is 19.1 Å². The fraction of sp³-hybridized carbons (Fsp3) is 0.250. The number of nitrogens with two attached hydrogens (primary N) is 2. The molecule has 7 nitrogen and oxygen atoms in total. The van der Waals surface area contributed by atoms with Gasteiger partial charge in [-0.3, -0.25) is 4.79 Å². The van der Waals surface area contributed by atoms with Gasteiger partial charge in [-0.05, 0) is 49.2 Å². The van der Waals surface area contributed by atoms with Gasteiger partial charge in [-0.1, -0.05) is 18.9 Å². The highest BCUT2D eigenvalue weighted by Gasteiger charge is 2.24. The van der Waals surface area contributed by atoms with Crippen LogP contribution in [0, 0.1) is 5.92 Å². The summed E-state index contributed by atoms with van der Waals surface area (Å²) in [6.07, 6.45) is 3.84. The summed E-state index contributed by atoms with van der Waals surface area (Å²) in [6, 6.07) is 12.8. The minimum atomic E-state index is -0.537. The zero-order valence-electron chi connectivity index (χ0n) is 14.8. The van der Waals surface area contributed by atoms with Gasteiger partial charge in [-0.2, -0.15) is 0 Å². The quantitative estimate of drug-likeness (QED) is 0.363. The van der Waals surface area contributed by atoms with E-state index in [1.54, 1.807) is 42.5 Å². The lowest BCUT2D eigenvalue weighted by Crippen LogP contribution is -2.21. The van der Waals surface area contributed by atoms with Crippen molar-refractivity contribution in [2.75, 3.05) is 0 Å². The maximum atomic E-state index is 12.3. The molecule has 1 aliphatic rings. The summed E-state index contributed by atoms with van der Waals surface area (Å²) in [6.45, 7) is 0. The number of guanidine groups is 1. The fourth-order valence-corrected chi connectivity index (χ4v) is 2.95. The molecule has 7 heteroatoms. The third kappa shape index (κ3) is 5.07. The van der Waals surface area contributed by atoms with Crippen LogP contribution in [0.5, 0.6) is 11.5 Å². The average Bonchev–Trinajstić information content (AvgIpc) is 3.17. The third-order valence-electron chi connectivity index (χ3n) is 4.28. The highest BCUT2D eigenvalue weighted by atomic mass is 16.5. The first kappa shape index (κ1) is 18.4. The van der Waals surface area contributed by atoms with Gasteiger partial charge >= 0.3 is 11.9 Å². The molecule has 4 N–H and O–H groups in total. The number of hydrogen-bond acceptors (Lipinski definition) is 5. The number of rotatable bonds is 5. The van der Waals surface area contributed by atoms with Gasteiger partial charge < -0.3 is 20.9 Å². The van der Waals surface area contributed by atoms with Crippen LogP contribution in [0.3, 0.4) is 0 Å². The predicted molar refractivity (Wildman–Crippen MR) is 101 cm³/mol.